The molecule has 0 bridgehead atoms. The fraction of sp³-hybridized carbons (Fsp3) is 0.143. The van der Waals surface area contributed by atoms with Gasteiger partial charge in [0.15, 0.2) is 5.82 Å². The van der Waals surface area contributed by atoms with Crippen LogP contribution in [0, 0.1) is 6.92 Å². The number of aryl methyl sites for hydroxylation is 1. The second kappa shape index (κ2) is 7.40. The van der Waals surface area contributed by atoms with E-state index in [4.69, 9.17) is 16.3 Å². The minimum Gasteiger partial charge on any atom is -0.497 e. The smallest absolute Gasteiger partial charge is 0.274 e. The highest BCUT2D eigenvalue weighted by atomic mass is 35.5. The molecule has 0 aliphatic carbocycles. The lowest BCUT2D eigenvalue weighted by Crippen LogP contribution is -2.14. The van der Waals surface area contributed by atoms with Crippen LogP contribution in [0.2, 0.25) is 5.02 Å². The van der Waals surface area contributed by atoms with Crippen LogP contribution in [0.4, 0.5) is 11.5 Å². The Kier molecular flexibility index (Phi) is 4.79. The number of hydrogen-bond acceptors (Lipinski definition) is 5. The first-order valence-electron chi connectivity index (χ1n) is 8.68. The molecule has 6 nitrogen and oxygen atoms in total. The van der Waals surface area contributed by atoms with Crippen LogP contribution in [-0.4, -0.2) is 28.7 Å². The number of hydrogen-bond donors (Lipinski definition) is 1. The normalized spacial score (nSPS) is 12.3. The number of benzene rings is 1. The van der Waals surface area contributed by atoms with Crippen LogP contribution in [0.1, 0.15) is 27.2 Å². The Morgan fingerprint density at radius 1 is 1.18 bits per heavy atom. The van der Waals surface area contributed by atoms with Crippen LogP contribution >= 0.6 is 11.6 Å². The van der Waals surface area contributed by atoms with Crippen molar-refractivity contribution in [2.75, 3.05) is 12.4 Å². The maximum atomic E-state index is 12.5. The van der Waals surface area contributed by atoms with E-state index in [1.165, 1.54) is 6.20 Å². The van der Waals surface area contributed by atoms with E-state index in [2.05, 4.69) is 26.3 Å². The van der Waals surface area contributed by atoms with E-state index in [1.54, 1.807) is 37.6 Å². The molecule has 0 spiro atoms. The molecule has 2 aromatic heterocycles. The van der Waals surface area contributed by atoms with Gasteiger partial charge in [-0.05, 0) is 36.8 Å². The van der Waals surface area contributed by atoms with Crippen molar-refractivity contribution in [2.45, 2.75) is 13.3 Å². The molecule has 0 fully saturated rings. The van der Waals surface area contributed by atoms with E-state index in [0.717, 1.165) is 22.4 Å². The quantitative estimate of drug-likeness (QED) is 0.715. The SMILES string of the molecule is COc1ccnc(C(=O)Nc2ccc(Cl)c(C3=Nc4ncc(C)cc4C3)c2)c1. The van der Waals surface area contributed by atoms with Gasteiger partial charge in [-0.25, -0.2) is 9.98 Å². The third kappa shape index (κ3) is 3.59. The first-order valence-corrected chi connectivity index (χ1v) is 9.05. The van der Waals surface area contributed by atoms with Gasteiger partial charge in [-0.15, -0.1) is 0 Å². The molecule has 140 valence electrons. The summed E-state index contributed by atoms with van der Waals surface area (Å²) in [6.07, 6.45) is 3.98. The van der Waals surface area contributed by atoms with Gasteiger partial charge < -0.3 is 10.1 Å². The molecule has 28 heavy (non-hydrogen) atoms. The Balaban J connectivity index is 1.59. The Morgan fingerprint density at radius 3 is 2.86 bits per heavy atom. The van der Waals surface area contributed by atoms with Gasteiger partial charge in [-0.2, -0.15) is 0 Å². The lowest BCUT2D eigenvalue weighted by atomic mass is 10.0. The lowest BCUT2D eigenvalue weighted by Gasteiger charge is -2.09. The van der Waals surface area contributed by atoms with Gasteiger partial charge in [-0.1, -0.05) is 17.7 Å². The van der Waals surface area contributed by atoms with Crippen LogP contribution < -0.4 is 10.1 Å². The van der Waals surface area contributed by atoms with E-state index in [9.17, 15) is 4.79 Å². The van der Waals surface area contributed by atoms with E-state index in [-0.39, 0.29) is 11.6 Å². The molecule has 0 saturated carbocycles. The minimum absolute atomic E-state index is 0.265. The van der Waals surface area contributed by atoms with Gasteiger partial charge >= 0.3 is 0 Å². The number of halogens is 1. The monoisotopic (exact) mass is 392 g/mol. The summed E-state index contributed by atoms with van der Waals surface area (Å²) in [7, 11) is 1.54. The number of rotatable bonds is 4. The number of methoxy groups -OCH3 is 1. The first kappa shape index (κ1) is 18.1. The molecular weight excluding hydrogens is 376 g/mol. The first-order chi connectivity index (χ1) is 13.5. The fourth-order valence-electron chi connectivity index (χ4n) is 3.04. The van der Waals surface area contributed by atoms with Crippen molar-refractivity contribution in [3.8, 4) is 5.75 Å². The Labute approximate surface area is 167 Å². The highest BCUT2D eigenvalue weighted by Crippen LogP contribution is 2.31. The maximum absolute atomic E-state index is 12.5. The Bertz CT molecular complexity index is 1110. The van der Waals surface area contributed by atoms with Crippen molar-refractivity contribution in [2.24, 2.45) is 4.99 Å². The average Bonchev–Trinajstić information content (AvgIpc) is 3.12. The maximum Gasteiger partial charge on any atom is 0.274 e. The number of pyridine rings is 2. The zero-order valence-electron chi connectivity index (χ0n) is 15.4. The molecule has 4 rings (SSSR count). The number of anilines is 1. The average molecular weight is 393 g/mol. The van der Waals surface area contributed by atoms with Gasteiger partial charge in [-0.3, -0.25) is 9.78 Å². The van der Waals surface area contributed by atoms with Gasteiger partial charge in [0.2, 0.25) is 0 Å². The fourth-order valence-corrected chi connectivity index (χ4v) is 3.26. The highest BCUT2D eigenvalue weighted by molar-refractivity contribution is 6.34. The lowest BCUT2D eigenvalue weighted by molar-refractivity contribution is 0.102. The number of aromatic nitrogens is 2. The highest BCUT2D eigenvalue weighted by Gasteiger charge is 2.20. The van der Waals surface area contributed by atoms with Crippen molar-refractivity contribution in [1.29, 1.82) is 0 Å². The molecule has 1 aromatic carbocycles. The standard InChI is InChI=1S/C21H17ClN4O2/c1-12-7-13-8-18(26-20(13)24-11-12)16-9-14(3-4-17(16)22)25-21(27)19-10-15(28-2)5-6-23-19/h3-7,9-11H,8H2,1-2H3,(H,25,27). The molecule has 1 aliphatic rings. The summed E-state index contributed by atoms with van der Waals surface area (Å²) < 4.78 is 5.14. The topological polar surface area (TPSA) is 76.5 Å². The largest absolute Gasteiger partial charge is 0.497 e. The van der Waals surface area contributed by atoms with E-state index in [0.29, 0.717) is 28.7 Å². The van der Waals surface area contributed by atoms with Crippen molar-refractivity contribution in [1.82, 2.24) is 9.97 Å². The third-order valence-corrected chi connectivity index (χ3v) is 4.74. The third-order valence-electron chi connectivity index (χ3n) is 4.41. The summed E-state index contributed by atoms with van der Waals surface area (Å²) in [4.78, 5) is 25.6. The summed E-state index contributed by atoms with van der Waals surface area (Å²) in [5.41, 5.74) is 4.63. The molecule has 1 aliphatic heterocycles. The molecule has 3 aromatic rings. The van der Waals surface area contributed by atoms with Gasteiger partial charge in [0, 0.05) is 46.7 Å². The summed E-state index contributed by atoms with van der Waals surface area (Å²) in [5, 5.41) is 3.41. The Morgan fingerprint density at radius 2 is 2.04 bits per heavy atom. The summed E-state index contributed by atoms with van der Waals surface area (Å²) >= 11 is 6.40. The van der Waals surface area contributed by atoms with Gasteiger partial charge in [0.05, 0.1) is 12.8 Å². The number of nitrogens with zero attached hydrogens (tertiary/aromatic N) is 3. The van der Waals surface area contributed by atoms with Crippen molar-refractivity contribution in [3.05, 3.63) is 76.2 Å². The molecular formula is C21H17ClN4O2. The second-order valence-electron chi connectivity index (χ2n) is 6.46. The van der Waals surface area contributed by atoms with E-state index >= 15 is 0 Å². The van der Waals surface area contributed by atoms with Crippen LogP contribution in [0.15, 0.2) is 53.8 Å². The zero-order valence-corrected chi connectivity index (χ0v) is 16.1. The number of fused-ring (bicyclic) bond motifs is 1. The summed E-state index contributed by atoms with van der Waals surface area (Å²) in [6.45, 7) is 2.00. The molecule has 7 heteroatoms. The van der Waals surface area contributed by atoms with Crippen molar-refractivity contribution >= 4 is 34.7 Å². The Hall–Kier alpha value is -3.25. The molecule has 1 amide bonds. The number of amides is 1. The summed E-state index contributed by atoms with van der Waals surface area (Å²) in [5.74, 6) is 0.950. The molecule has 0 saturated heterocycles. The van der Waals surface area contributed by atoms with Crippen LogP contribution in [0.5, 0.6) is 5.75 Å². The van der Waals surface area contributed by atoms with E-state index < -0.39 is 0 Å². The molecule has 1 N–H and O–H groups in total. The van der Waals surface area contributed by atoms with Crippen LogP contribution in [0.3, 0.4) is 0 Å². The van der Waals surface area contributed by atoms with Crippen LogP contribution in [0.25, 0.3) is 0 Å². The molecule has 3 heterocycles. The van der Waals surface area contributed by atoms with Crippen molar-refractivity contribution in [3.63, 3.8) is 0 Å². The number of carbonyl (C=O) groups is 1. The zero-order chi connectivity index (χ0) is 19.7. The number of carbonyl (C=O) groups excluding carboxylic acids is 1. The molecule has 0 radical (unpaired) electrons. The number of nitrogens with one attached hydrogen (secondary N) is 1. The molecule has 0 atom stereocenters. The van der Waals surface area contributed by atoms with Gasteiger partial charge in [0.1, 0.15) is 11.4 Å². The van der Waals surface area contributed by atoms with Crippen LogP contribution in [-0.2, 0) is 6.42 Å². The summed E-state index contributed by atoms with van der Waals surface area (Å²) in [6, 6.07) is 10.6. The predicted octanol–water partition coefficient (Wildman–Crippen LogP) is 4.38. The van der Waals surface area contributed by atoms with E-state index in [1.807, 2.05) is 13.0 Å². The second-order valence-corrected chi connectivity index (χ2v) is 6.87. The predicted molar refractivity (Wildman–Crippen MR) is 109 cm³/mol. The molecule has 0 unspecified atom stereocenters. The number of aliphatic imine (C=N–C) groups is 1. The number of ether oxygens (including phenoxy) is 1. The van der Waals surface area contributed by atoms with Crippen molar-refractivity contribution < 1.29 is 9.53 Å². The van der Waals surface area contributed by atoms with Gasteiger partial charge in [0.25, 0.3) is 5.91 Å². The minimum atomic E-state index is -0.332.